The Labute approximate surface area is 169 Å². The van der Waals surface area contributed by atoms with Crippen molar-refractivity contribution >= 4 is 23.3 Å². The predicted octanol–water partition coefficient (Wildman–Crippen LogP) is 2.79. The van der Waals surface area contributed by atoms with Gasteiger partial charge in [-0.15, -0.1) is 0 Å². The second kappa shape index (κ2) is 8.77. The van der Waals surface area contributed by atoms with Gasteiger partial charge in [0.25, 0.3) is 0 Å². The molecule has 0 N–H and O–H groups in total. The molecule has 0 saturated carbocycles. The van der Waals surface area contributed by atoms with Crippen molar-refractivity contribution in [1.29, 1.82) is 0 Å². The third-order valence-electron chi connectivity index (χ3n) is 4.86. The molecular weight excluding hydrogens is 374 g/mol. The summed E-state index contributed by atoms with van der Waals surface area (Å²) in [5, 5.41) is 0. The summed E-state index contributed by atoms with van der Waals surface area (Å²) in [6.45, 7) is 1.81. The Hall–Kier alpha value is -3.35. The van der Waals surface area contributed by atoms with E-state index in [4.69, 9.17) is 14.2 Å². The van der Waals surface area contributed by atoms with E-state index < -0.39 is 18.5 Å². The number of ketones is 1. The first-order valence-electron chi connectivity index (χ1n) is 9.22. The van der Waals surface area contributed by atoms with E-state index in [1.165, 1.54) is 20.3 Å². The summed E-state index contributed by atoms with van der Waals surface area (Å²) in [5.74, 6) is -0.730. The van der Waals surface area contributed by atoms with Crippen LogP contribution in [-0.4, -0.2) is 45.0 Å². The minimum atomic E-state index is -0.595. The Morgan fingerprint density at radius 2 is 1.72 bits per heavy atom. The number of anilines is 1. The first-order valence-corrected chi connectivity index (χ1v) is 9.22. The van der Waals surface area contributed by atoms with Crippen molar-refractivity contribution < 1.29 is 28.6 Å². The number of benzene rings is 2. The Balaban J connectivity index is 1.59. The molecule has 1 heterocycles. The standard InChI is InChI=1S/C22H23NO6/c1-14-4-7-17(8-5-14)23-12-16(11-21(23)25)22(26)29-13-18(24)15-6-9-19(27-2)20(10-15)28-3/h4-10,16H,11-13H2,1-3H3. The number of ether oxygens (including phenoxy) is 3. The maximum Gasteiger partial charge on any atom is 0.311 e. The average molecular weight is 397 g/mol. The molecule has 7 heteroatoms. The highest BCUT2D eigenvalue weighted by Crippen LogP contribution is 2.28. The van der Waals surface area contributed by atoms with Crippen LogP contribution in [0.4, 0.5) is 5.69 Å². The molecule has 0 bridgehead atoms. The molecule has 1 fully saturated rings. The van der Waals surface area contributed by atoms with Crippen LogP contribution < -0.4 is 14.4 Å². The lowest BCUT2D eigenvalue weighted by molar-refractivity contribution is -0.147. The number of hydrogen-bond acceptors (Lipinski definition) is 6. The van der Waals surface area contributed by atoms with Gasteiger partial charge >= 0.3 is 5.97 Å². The van der Waals surface area contributed by atoms with Crippen molar-refractivity contribution in [3.63, 3.8) is 0 Å². The van der Waals surface area contributed by atoms with Gasteiger partial charge in [0.15, 0.2) is 23.9 Å². The van der Waals surface area contributed by atoms with Crippen LogP contribution in [0.2, 0.25) is 0 Å². The number of carbonyl (C=O) groups is 3. The maximum absolute atomic E-state index is 12.4. The van der Waals surface area contributed by atoms with Gasteiger partial charge in [-0.2, -0.15) is 0 Å². The molecule has 1 amide bonds. The van der Waals surface area contributed by atoms with E-state index in [1.807, 2.05) is 31.2 Å². The zero-order valence-corrected chi connectivity index (χ0v) is 16.6. The third-order valence-corrected chi connectivity index (χ3v) is 4.86. The molecule has 0 aliphatic carbocycles. The van der Waals surface area contributed by atoms with Crippen molar-refractivity contribution in [3.05, 3.63) is 53.6 Å². The fourth-order valence-electron chi connectivity index (χ4n) is 3.19. The van der Waals surface area contributed by atoms with Gasteiger partial charge in [0.2, 0.25) is 5.91 Å². The number of aryl methyl sites for hydroxylation is 1. The Morgan fingerprint density at radius 1 is 1.03 bits per heavy atom. The lowest BCUT2D eigenvalue weighted by Gasteiger charge is -2.16. The summed E-state index contributed by atoms with van der Waals surface area (Å²) < 4.78 is 15.5. The zero-order chi connectivity index (χ0) is 21.0. The van der Waals surface area contributed by atoms with Gasteiger partial charge in [-0.1, -0.05) is 17.7 Å². The molecule has 1 atom stereocenters. The molecular formula is C22H23NO6. The zero-order valence-electron chi connectivity index (χ0n) is 16.6. The average Bonchev–Trinajstić information content (AvgIpc) is 3.13. The van der Waals surface area contributed by atoms with Crippen LogP contribution in [0.3, 0.4) is 0 Å². The maximum atomic E-state index is 12.4. The lowest BCUT2D eigenvalue weighted by Crippen LogP contribution is -2.27. The first kappa shape index (κ1) is 20.4. The van der Waals surface area contributed by atoms with Gasteiger partial charge in [0.1, 0.15) is 0 Å². The molecule has 152 valence electrons. The molecule has 1 saturated heterocycles. The normalized spacial score (nSPS) is 15.9. The van der Waals surface area contributed by atoms with E-state index in [0.717, 1.165) is 11.3 Å². The van der Waals surface area contributed by atoms with Gasteiger partial charge in [0.05, 0.1) is 20.1 Å². The summed E-state index contributed by atoms with van der Waals surface area (Å²) in [5.41, 5.74) is 2.18. The molecule has 1 aliphatic heterocycles. The highest BCUT2D eigenvalue weighted by atomic mass is 16.5. The second-order valence-electron chi connectivity index (χ2n) is 6.84. The topological polar surface area (TPSA) is 82.1 Å². The van der Waals surface area contributed by atoms with Crippen LogP contribution in [0, 0.1) is 12.8 Å². The fourth-order valence-corrected chi connectivity index (χ4v) is 3.19. The lowest BCUT2D eigenvalue weighted by atomic mass is 10.1. The molecule has 7 nitrogen and oxygen atoms in total. The molecule has 29 heavy (non-hydrogen) atoms. The third kappa shape index (κ3) is 4.56. The predicted molar refractivity (Wildman–Crippen MR) is 106 cm³/mol. The largest absolute Gasteiger partial charge is 0.493 e. The van der Waals surface area contributed by atoms with Gasteiger partial charge in [0, 0.05) is 24.2 Å². The molecule has 0 spiro atoms. The Kier molecular flexibility index (Phi) is 6.16. The molecule has 1 aliphatic rings. The van der Waals surface area contributed by atoms with Crippen LogP contribution in [0.15, 0.2) is 42.5 Å². The molecule has 0 radical (unpaired) electrons. The summed E-state index contributed by atoms with van der Waals surface area (Å²) in [7, 11) is 2.98. The van der Waals surface area contributed by atoms with Crippen molar-refractivity contribution in [3.8, 4) is 11.5 Å². The van der Waals surface area contributed by atoms with Crippen molar-refractivity contribution in [2.45, 2.75) is 13.3 Å². The second-order valence-corrected chi connectivity index (χ2v) is 6.84. The number of Topliss-reactive ketones (excluding diaryl/α,β-unsaturated/α-hetero) is 1. The minimum Gasteiger partial charge on any atom is -0.493 e. The van der Waals surface area contributed by atoms with Gasteiger partial charge in [-0.3, -0.25) is 14.4 Å². The summed E-state index contributed by atoms with van der Waals surface area (Å²) in [6, 6.07) is 12.3. The van der Waals surface area contributed by atoms with Crippen LogP contribution in [-0.2, 0) is 14.3 Å². The van der Waals surface area contributed by atoms with Gasteiger partial charge < -0.3 is 19.1 Å². The van der Waals surface area contributed by atoms with Gasteiger partial charge in [-0.05, 0) is 37.3 Å². The first-order chi connectivity index (χ1) is 13.9. The SMILES string of the molecule is COc1ccc(C(=O)COC(=O)C2CC(=O)N(c3ccc(C)cc3)C2)cc1OC. The highest BCUT2D eigenvalue weighted by Gasteiger charge is 2.36. The number of hydrogen-bond donors (Lipinski definition) is 0. The number of esters is 1. The van der Waals surface area contributed by atoms with E-state index >= 15 is 0 Å². The molecule has 2 aromatic carbocycles. The molecule has 3 rings (SSSR count). The van der Waals surface area contributed by atoms with E-state index in [9.17, 15) is 14.4 Å². The van der Waals surface area contributed by atoms with E-state index in [2.05, 4.69) is 0 Å². The number of nitrogens with zero attached hydrogens (tertiary/aromatic N) is 1. The summed E-state index contributed by atoms with van der Waals surface area (Å²) in [6.07, 6.45) is 0.0667. The number of rotatable bonds is 7. The fraction of sp³-hybridized carbons (Fsp3) is 0.318. The quantitative estimate of drug-likeness (QED) is 0.528. The smallest absolute Gasteiger partial charge is 0.311 e. The monoisotopic (exact) mass is 397 g/mol. The molecule has 2 aromatic rings. The summed E-state index contributed by atoms with van der Waals surface area (Å²) in [4.78, 5) is 38.6. The van der Waals surface area contributed by atoms with Crippen molar-refractivity contribution in [2.24, 2.45) is 5.92 Å². The highest BCUT2D eigenvalue weighted by molar-refractivity contribution is 6.01. The van der Waals surface area contributed by atoms with Gasteiger partial charge in [-0.25, -0.2) is 0 Å². The van der Waals surface area contributed by atoms with E-state index in [0.29, 0.717) is 17.1 Å². The molecule has 1 unspecified atom stereocenters. The van der Waals surface area contributed by atoms with E-state index in [1.54, 1.807) is 17.0 Å². The van der Waals surface area contributed by atoms with Crippen molar-refractivity contribution in [2.75, 3.05) is 32.3 Å². The number of carbonyl (C=O) groups excluding carboxylic acids is 3. The summed E-state index contributed by atoms with van der Waals surface area (Å²) >= 11 is 0. The van der Waals surface area contributed by atoms with Crippen LogP contribution in [0.5, 0.6) is 11.5 Å². The van der Waals surface area contributed by atoms with Crippen LogP contribution in [0.1, 0.15) is 22.3 Å². The van der Waals surface area contributed by atoms with Crippen LogP contribution in [0.25, 0.3) is 0 Å². The molecule has 0 aromatic heterocycles. The minimum absolute atomic E-state index is 0.0667. The number of methoxy groups -OCH3 is 2. The van der Waals surface area contributed by atoms with Crippen LogP contribution >= 0.6 is 0 Å². The van der Waals surface area contributed by atoms with Crippen molar-refractivity contribution in [1.82, 2.24) is 0 Å². The Morgan fingerprint density at radius 3 is 2.38 bits per heavy atom. The Bertz CT molecular complexity index is 921. The van der Waals surface area contributed by atoms with E-state index in [-0.39, 0.29) is 24.7 Å². The number of amides is 1.